The van der Waals surface area contributed by atoms with Crippen LogP contribution >= 0.6 is 11.6 Å². The molecule has 8 heteroatoms. The average molecular weight is 395 g/mol. The van der Waals surface area contributed by atoms with Crippen LogP contribution in [0.5, 0.6) is 0 Å². The second-order valence-electron chi connectivity index (χ2n) is 6.04. The summed E-state index contributed by atoms with van der Waals surface area (Å²) in [6, 6.07) is 12.8. The maximum Gasteiger partial charge on any atom is 0.255 e. The second-order valence-corrected chi connectivity index (χ2v) is 8.41. The lowest BCUT2D eigenvalue weighted by molar-refractivity contribution is 0.0102. The molecular formula is C18H19ClN2O4S. The van der Waals surface area contributed by atoms with Gasteiger partial charge in [-0.1, -0.05) is 23.7 Å². The highest BCUT2D eigenvalue weighted by Crippen LogP contribution is 2.21. The largest absolute Gasteiger partial charge is 0.376 e. The van der Waals surface area contributed by atoms with E-state index in [4.69, 9.17) is 16.3 Å². The molecule has 138 valence electrons. The lowest BCUT2D eigenvalue weighted by Gasteiger charge is -2.30. The number of amides is 1. The van der Waals surface area contributed by atoms with Gasteiger partial charge in [0, 0.05) is 29.4 Å². The Labute approximate surface area is 157 Å². The van der Waals surface area contributed by atoms with Crippen LogP contribution in [0.3, 0.4) is 0 Å². The highest BCUT2D eigenvalue weighted by Gasteiger charge is 2.29. The van der Waals surface area contributed by atoms with Crippen LogP contribution in [0.1, 0.15) is 17.3 Å². The van der Waals surface area contributed by atoms with Crippen molar-refractivity contribution in [3.63, 3.8) is 0 Å². The summed E-state index contributed by atoms with van der Waals surface area (Å²) >= 11 is 5.91. The first kappa shape index (κ1) is 18.8. The summed E-state index contributed by atoms with van der Waals surface area (Å²) in [5, 5.41) is 3.21. The van der Waals surface area contributed by atoms with Crippen LogP contribution in [0.4, 0.5) is 5.69 Å². The number of nitrogens with zero attached hydrogens (tertiary/aromatic N) is 1. The van der Waals surface area contributed by atoms with Gasteiger partial charge in [0.2, 0.25) is 10.0 Å². The standard InChI is InChI=1S/C18H19ClN2O4S/c1-13-12-21(8-9-25-13)26(23,24)17-7-2-4-14(10-17)18(22)20-16-6-3-5-15(19)11-16/h2-7,10-11,13H,8-9,12H2,1H3,(H,20,22). The third kappa shape index (κ3) is 4.24. The average Bonchev–Trinajstić information content (AvgIpc) is 2.62. The molecule has 2 aromatic carbocycles. The zero-order valence-electron chi connectivity index (χ0n) is 14.2. The van der Waals surface area contributed by atoms with Gasteiger partial charge in [-0.15, -0.1) is 0 Å². The summed E-state index contributed by atoms with van der Waals surface area (Å²) in [5.74, 6) is -0.403. The molecule has 1 heterocycles. The van der Waals surface area contributed by atoms with Gasteiger partial charge in [-0.25, -0.2) is 8.42 Å². The van der Waals surface area contributed by atoms with Gasteiger partial charge in [-0.3, -0.25) is 4.79 Å². The van der Waals surface area contributed by atoms with Crippen molar-refractivity contribution in [1.82, 2.24) is 4.31 Å². The normalized spacial score (nSPS) is 18.5. The van der Waals surface area contributed by atoms with Gasteiger partial charge in [0.15, 0.2) is 0 Å². The predicted molar refractivity (Wildman–Crippen MR) is 100 cm³/mol. The van der Waals surface area contributed by atoms with Crippen LogP contribution in [-0.2, 0) is 14.8 Å². The molecule has 1 aliphatic heterocycles. The number of halogens is 1. The molecule has 1 saturated heterocycles. The molecule has 0 aromatic heterocycles. The number of carbonyl (C=O) groups is 1. The Morgan fingerprint density at radius 1 is 1.23 bits per heavy atom. The number of morpholine rings is 1. The summed E-state index contributed by atoms with van der Waals surface area (Å²) in [6.07, 6.45) is -0.159. The number of hydrogen-bond acceptors (Lipinski definition) is 4. The van der Waals surface area contributed by atoms with Crippen molar-refractivity contribution < 1.29 is 17.9 Å². The number of anilines is 1. The Hall–Kier alpha value is -1.93. The van der Waals surface area contributed by atoms with Gasteiger partial charge >= 0.3 is 0 Å². The van der Waals surface area contributed by atoms with Crippen LogP contribution in [0.2, 0.25) is 5.02 Å². The number of sulfonamides is 1. The van der Waals surface area contributed by atoms with E-state index in [0.717, 1.165) is 0 Å². The molecule has 0 saturated carbocycles. The van der Waals surface area contributed by atoms with Crippen LogP contribution in [0, 0.1) is 0 Å². The third-order valence-electron chi connectivity index (χ3n) is 4.02. The predicted octanol–water partition coefficient (Wildman–Crippen LogP) is 3.00. The maximum atomic E-state index is 12.8. The number of ether oxygens (including phenoxy) is 1. The van der Waals surface area contributed by atoms with Gasteiger partial charge < -0.3 is 10.1 Å². The van der Waals surface area contributed by atoms with Crippen molar-refractivity contribution >= 4 is 33.2 Å². The van der Waals surface area contributed by atoms with Crippen molar-refractivity contribution in [2.75, 3.05) is 25.0 Å². The summed E-state index contributed by atoms with van der Waals surface area (Å²) < 4.78 is 32.4. The first-order valence-electron chi connectivity index (χ1n) is 8.15. The Balaban J connectivity index is 1.82. The van der Waals surface area contributed by atoms with Crippen LogP contribution in [-0.4, -0.2) is 44.4 Å². The van der Waals surface area contributed by atoms with E-state index in [2.05, 4.69) is 5.32 Å². The SMILES string of the molecule is CC1CN(S(=O)(=O)c2cccc(C(=O)Nc3cccc(Cl)c3)c2)CCO1. The number of benzene rings is 2. The van der Waals surface area contributed by atoms with Gasteiger partial charge in [0.05, 0.1) is 17.6 Å². The van der Waals surface area contributed by atoms with E-state index in [1.165, 1.54) is 16.4 Å². The Bertz CT molecular complexity index is 917. The topological polar surface area (TPSA) is 75.7 Å². The zero-order valence-corrected chi connectivity index (χ0v) is 15.8. The molecule has 1 aliphatic rings. The molecule has 1 amide bonds. The lowest BCUT2D eigenvalue weighted by Crippen LogP contribution is -2.44. The van der Waals surface area contributed by atoms with Crippen LogP contribution in [0.25, 0.3) is 0 Å². The molecule has 2 aromatic rings. The van der Waals surface area contributed by atoms with Crippen LogP contribution < -0.4 is 5.32 Å². The number of carbonyl (C=O) groups excluding carboxylic acids is 1. The van der Waals surface area contributed by atoms with Crippen LogP contribution in [0.15, 0.2) is 53.4 Å². The molecule has 0 spiro atoms. The Kier molecular flexibility index (Phi) is 5.62. The molecule has 0 aliphatic carbocycles. The molecular weight excluding hydrogens is 376 g/mol. The first-order chi connectivity index (χ1) is 12.4. The summed E-state index contributed by atoms with van der Waals surface area (Å²) in [5.41, 5.74) is 0.796. The van der Waals surface area contributed by atoms with Crippen molar-refractivity contribution in [3.8, 4) is 0 Å². The van der Waals surface area contributed by atoms with Gasteiger partial charge in [-0.2, -0.15) is 4.31 Å². The van der Waals surface area contributed by atoms with E-state index in [-0.39, 0.29) is 16.6 Å². The quantitative estimate of drug-likeness (QED) is 0.864. The van der Waals surface area contributed by atoms with Gasteiger partial charge in [-0.05, 0) is 43.3 Å². The number of hydrogen-bond donors (Lipinski definition) is 1. The third-order valence-corrected chi connectivity index (χ3v) is 6.12. The highest BCUT2D eigenvalue weighted by molar-refractivity contribution is 7.89. The fraction of sp³-hybridized carbons (Fsp3) is 0.278. The minimum atomic E-state index is -3.68. The smallest absolute Gasteiger partial charge is 0.255 e. The first-order valence-corrected chi connectivity index (χ1v) is 9.97. The molecule has 6 nitrogen and oxygen atoms in total. The molecule has 3 rings (SSSR count). The summed E-state index contributed by atoms with van der Waals surface area (Å²) in [4.78, 5) is 12.5. The summed E-state index contributed by atoms with van der Waals surface area (Å²) in [6.45, 7) is 2.78. The molecule has 1 unspecified atom stereocenters. The molecule has 26 heavy (non-hydrogen) atoms. The van der Waals surface area contributed by atoms with E-state index >= 15 is 0 Å². The lowest BCUT2D eigenvalue weighted by atomic mass is 10.2. The van der Waals surface area contributed by atoms with Crippen molar-refractivity contribution in [1.29, 1.82) is 0 Å². The van der Waals surface area contributed by atoms with Crippen molar-refractivity contribution in [2.24, 2.45) is 0 Å². The maximum absolute atomic E-state index is 12.8. The number of rotatable bonds is 4. The molecule has 1 fully saturated rings. The second kappa shape index (κ2) is 7.75. The van der Waals surface area contributed by atoms with E-state index in [1.807, 2.05) is 6.92 Å². The Morgan fingerprint density at radius 2 is 2.00 bits per heavy atom. The van der Waals surface area contributed by atoms with E-state index in [9.17, 15) is 13.2 Å². The van der Waals surface area contributed by atoms with E-state index < -0.39 is 15.9 Å². The van der Waals surface area contributed by atoms with Gasteiger partial charge in [0.25, 0.3) is 5.91 Å². The molecule has 1 N–H and O–H groups in total. The van der Waals surface area contributed by atoms with Gasteiger partial charge in [0.1, 0.15) is 0 Å². The highest BCUT2D eigenvalue weighted by atomic mass is 35.5. The monoisotopic (exact) mass is 394 g/mol. The van der Waals surface area contributed by atoms with E-state index in [1.54, 1.807) is 36.4 Å². The molecule has 0 radical (unpaired) electrons. The van der Waals surface area contributed by atoms with Crippen molar-refractivity contribution in [2.45, 2.75) is 17.9 Å². The zero-order chi connectivity index (χ0) is 18.7. The Morgan fingerprint density at radius 3 is 2.73 bits per heavy atom. The summed E-state index contributed by atoms with van der Waals surface area (Å²) in [7, 11) is -3.68. The minimum absolute atomic E-state index is 0.0883. The number of nitrogens with one attached hydrogen (secondary N) is 1. The fourth-order valence-corrected chi connectivity index (χ4v) is 4.46. The molecule has 0 bridgehead atoms. The minimum Gasteiger partial charge on any atom is -0.376 e. The fourth-order valence-electron chi connectivity index (χ4n) is 2.72. The molecule has 1 atom stereocenters. The van der Waals surface area contributed by atoms with Crippen molar-refractivity contribution in [3.05, 3.63) is 59.1 Å². The van der Waals surface area contributed by atoms with E-state index in [0.29, 0.717) is 30.4 Å².